The topological polar surface area (TPSA) is 68.8 Å². The molecule has 74 valence electrons. The number of hydrogen-bond donors (Lipinski definition) is 2. The van der Waals surface area contributed by atoms with E-state index in [2.05, 4.69) is 15.5 Å². The zero-order valence-corrected chi connectivity index (χ0v) is 8.53. The smallest absolute Gasteiger partial charge is 0.106 e. The van der Waals surface area contributed by atoms with Gasteiger partial charge >= 0.3 is 0 Å². The SMILES string of the molecule is Cn1nccc1C(NN)c1cscn1. The molecule has 0 bridgehead atoms. The summed E-state index contributed by atoms with van der Waals surface area (Å²) in [7, 11) is 1.88. The van der Waals surface area contributed by atoms with E-state index in [1.54, 1.807) is 27.7 Å². The van der Waals surface area contributed by atoms with Crippen LogP contribution in [0.5, 0.6) is 0 Å². The zero-order chi connectivity index (χ0) is 9.97. The summed E-state index contributed by atoms with van der Waals surface area (Å²) in [5.74, 6) is 5.50. The molecular weight excluding hydrogens is 198 g/mol. The number of hydrogen-bond acceptors (Lipinski definition) is 5. The van der Waals surface area contributed by atoms with Gasteiger partial charge in [-0.1, -0.05) is 0 Å². The number of aromatic nitrogens is 3. The van der Waals surface area contributed by atoms with Crippen LogP contribution in [0.25, 0.3) is 0 Å². The van der Waals surface area contributed by atoms with Crippen molar-refractivity contribution >= 4 is 11.3 Å². The molecule has 0 amide bonds. The van der Waals surface area contributed by atoms with Crippen molar-refractivity contribution in [3.63, 3.8) is 0 Å². The number of thiazole rings is 1. The van der Waals surface area contributed by atoms with Crippen molar-refractivity contribution < 1.29 is 0 Å². The van der Waals surface area contributed by atoms with E-state index in [9.17, 15) is 0 Å². The molecule has 0 aliphatic rings. The number of aryl methyl sites for hydroxylation is 1. The second kappa shape index (κ2) is 3.87. The molecule has 0 aliphatic carbocycles. The lowest BCUT2D eigenvalue weighted by molar-refractivity contribution is 0.566. The molecule has 6 heteroatoms. The Kier molecular flexibility index (Phi) is 2.58. The number of hydrazine groups is 1. The Morgan fingerprint density at radius 1 is 1.64 bits per heavy atom. The van der Waals surface area contributed by atoms with E-state index in [1.165, 1.54) is 0 Å². The summed E-state index contributed by atoms with van der Waals surface area (Å²) in [6.45, 7) is 0. The third-order valence-electron chi connectivity index (χ3n) is 2.07. The lowest BCUT2D eigenvalue weighted by Gasteiger charge is -2.13. The van der Waals surface area contributed by atoms with E-state index in [0.29, 0.717) is 0 Å². The molecule has 0 fully saturated rings. The molecule has 1 unspecified atom stereocenters. The maximum Gasteiger partial charge on any atom is 0.106 e. The summed E-state index contributed by atoms with van der Waals surface area (Å²) < 4.78 is 1.78. The minimum Gasteiger partial charge on any atom is -0.271 e. The lowest BCUT2D eigenvalue weighted by Crippen LogP contribution is -2.30. The Morgan fingerprint density at radius 2 is 2.50 bits per heavy atom. The van der Waals surface area contributed by atoms with E-state index in [0.717, 1.165) is 11.4 Å². The van der Waals surface area contributed by atoms with Crippen molar-refractivity contribution in [2.45, 2.75) is 6.04 Å². The average molecular weight is 209 g/mol. The van der Waals surface area contributed by atoms with Crippen molar-refractivity contribution in [1.82, 2.24) is 20.2 Å². The van der Waals surface area contributed by atoms with Crippen molar-refractivity contribution in [3.05, 3.63) is 34.5 Å². The Labute approximate surface area is 85.5 Å². The highest BCUT2D eigenvalue weighted by atomic mass is 32.1. The first kappa shape index (κ1) is 9.32. The van der Waals surface area contributed by atoms with Crippen molar-refractivity contribution in [1.29, 1.82) is 0 Å². The molecule has 0 saturated carbocycles. The van der Waals surface area contributed by atoms with Crippen LogP contribution in [0.15, 0.2) is 23.2 Å². The Morgan fingerprint density at radius 3 is 3.00 bits per heavy atom. The van der Waals surface area contributed by atoms with Crippen LogP contribution < -0.4 is 11.3 Å². The molecule has 0 aromatic carbocycles. The second-order valence-electron chi connectivity index (χ2n) is 2.89. The molecule has 1 atom stereocenters. The number of rotatable bonds is 3. The van der Waals surface area contributed by atoms with Crippen LogP contribution in [-0.4, -0.2) is 14.8 Å². The first-order valence-corrected chi connectivity index (χ1v) is 5.09. The summed E-state index contributed by atoms with van der Waals surface area (Å²) >= 11 is 1.55. The van der Waals surface area contributed by atoms with Gasteiger partial charge in [0.25, 0.3) is 0 Å². The molecule has 0 aliphatic heterocycles. The summed E-state index contributed by atoms with van der Waals surface area (Å²) in [5.41, 5.74) is 6.43. The highest BCUT2D eigenvalue weighted by Gasteiger charge is 2.16. The van der Waals surface area contributed by atoms with Crippen molar-refractivity contribution in [3.8, 4) is 0 Å². The van der Waals surface area contributed by atoms with E-state index in [4.69, 9.17) is 5.84 Å². The summed E-state index contributed by atoms with van der Waals surface area (Å²) in [5, 5.41) is 6.06. The van der Waals surface area contributed by atoms with Gasteiger partial charge < -0.3 is 0 Å². The molecule has 2 heterocycles. The van der Waals surface area contributed by atoms with Crippen LogP contribution in [0.1, 0.15) is 17.4 Å². The standard InChI is InChI=1S/C8H11N5S/c1-13-7(2-3-11-13)8(12-9)6-4-14-5-10-6/h2-5,8,12H,9H2,1H3. The maximum absolute atomic E-state index is 5.50. The van der Waals surface area contributed by atoms with Gasteiger partial charge in [-0.15, -0.1) is 11.3 Å². The molecule has 0 saturated heterocycles. The second-order valence-corrected chi connectivity index (χ2v) is 3.61. The van der Waals surface area contributed by atoms with E-state index < -0.39 is 0 Å². The molecule has 3 N–H and O–H groups in total. The van der Waals surface area contributed by atoms with Gasteiger partial charge in [-0.05, 0) is 6.07 Å². The van der Waals surface area contributed by atoms with Gasteiger partial charge in [0.1, 0.15) is 6.04 Å². The average Bonchev–Trinajstić information content (AvgIpc) is 2.80. The van der Waals surface area contributed by atoms with Crippen LogP contribution in [0.4, 0.5) is 0 Å². The molecule has 2 rings (SSSR count). The third-order valence-corrected chi connectivity index (χ3v) is 2.67. The van der Waals surface area contributed by atoms with Gasteiger partial charge in [0, 0.05) is 18.6 Å². The number of nitrogens with two attached hydrogens (primary N) is 1. The molecule has 0 radical (unpaired) electrons. The van der Waals surface area contributed by atoms with Crippen LogP contribution in [0.3, 0.4) is 0 Å². The Bertz CT molecular complexity index is 394. The van der Waals surface area contributed by atoms with Crippen molar-refractivity contribution in [2.24, 2.45) is 12.9 Å². The normalized spacial score (nSPS) is 13.0. The molecule has 5 nitrogen and oxygen atoms in total. The summed E-state index contributed by atoms with van der Waals surface area (Å²) in [4.78, 5) is 4.22. The van der Waals surface area contributed by atoms with Crippen LogP contribution in [0.2, 0.25) is 0 Å². The zero-order valence-electron chi connectivity index (χ0n) is 7.71. The molecular formula is C8H11N5S. The quantitative estimate of drug-likeness (QED) is 0.568. The Hall–Kier alpha value is -1.24. The first-order chi connectivity index (χ1) is 6.83. The van der Waals surface area contributed by atoms with Gasteiger partial charge in [-0.25, -0.2) is 10.4 Å². The molecule has 14 heavy (non-hydrogen) atoms. The van der Waals surface area contributed by atoms with Crippen LogP contribution >= 0.6 is 11.3 Å². The molecule has 2 aromatic rings. The van der Waals surface area contributed by atoms with E-state index in [1.807, 2.05) is 18.5 Å². The predicted octanol–water partition coefficient (Wildman–Crippen LogP) is 0.429. The van der Waals surface area contributed by atoms with E-state index in [-0.39, 0.29) is 6.04 Å². The van der Waals surface area contributed by atoms with Crippen LogP contribution in [0, 0.1) is 0 Å². The third kappa shape index (κ3) is 1.54. The van der Waals surface area contributed by atoms with E-state index >= 15 is 0 Å². The van der Waals surface area contributed by atoms with Gasteiger partial charge in [-0.2, -0.15) is 5.10 Å². The molecule has 2 aromatic heterocycles. The summed E-state index contributed by atoms with van der Waals surface area (Å²) in [6.07, 6.45) is 1.74. The Balaban J connectivity index is 2.36. The minimum absolute atomic E-state index is 0.0891. The largest absolute Gasteiger partial charge is 0.271 e. The van der Waals surface area contributed by atoms with Gasteiger partial charge in [0.2, 0.25) is 0 Å². The fourth-order valence-electron chi connectivity index (χ4n) is 1.35. The highest BCUT2D eigenvalue weighted by molar-refractivity contribution is 7.07. The van der Waals surface area contributed by atoms with Gasteiger partial charge in [0.15, 0.2) is 0 Å². The van der Waals surface area contributed by atoms with Gasteiger partial charge in [-0.3, -0.25) is 10.5 Å². The number of nitrogens with zero attached hydrogens (tertiary/aromatic N) is 3. The minimum atomic E-state index is -0.0891. The fourth-order valence-corrected chi connectivity index (χ4v) is 1.93. The maximum atomic E-state index is 5.50. The monoisotopic (exact) mass is 209 g/mol. The lowest BCUT2D eigenvalue weighted by atomic mass is 10.1. The summed E-state index contributed by atoms with van der Waals surface area (Å²) in [6, 6.07) is 1.83. The van der Waals surface area contributed by atoms with Crippen molar-refractivity contribution in [2.75, 3.05) is 0 Å². The highest BCUT2D eigenvalue weighted by Crippen LogP contribution is 2.19. The number of nitrogens with one attached hydrogen (secondary N) is 1. The fraction of sp³-hybridized carbons (Fsp3) is 0.250. The van der Waals surface area contributed by atoms with Gasteiger partial charge in [0.05, 0.1) is 16.9 Å². The van der Waals surface area contributed by atoms with Crippen LogP contribution in [-0.2, 0) is 7.05 Å². The predicted molar refractivity (Wildman–Crippen MR) is 54.5 cm³/mol. The molecule has 0 spiro atoms. The first-order valence-electron chi connectivity index (χ1n) is 4.15.